The van der Waals surface area contributed by atoms with Crippen molar-refractivity contribution in [3.63, 3.8) is 0 Å². The number of rotatable bonds is 4. The van der Waals surface area contributed by atoms with Gasteiger partial charge in [0.25, 0.3) is 5.91 Å². The summed E-state index contributed by atoms with van der Waals surface area (Å²) in [5.74, 6) is 0.570. The zero-order chi connectivity index (χ0) is 14.8. The van der Waals surface area contributed by atoms with Gasteiger partial charge in [0.1, 0.15) is 5.75 Å². The molecule has 110 valence electrons. The van der Waals surface area contributed by atoms with E-state index in [0.717, 1.165) is 4.47 Å². The number of carbonyl (C=O) groups excluding carboxylic acids is 1. The van der Waals surface area contributed by atoms with Crippen LogP contribution in [0.5, 0.6) is 5.75 Å². The van der Waals surface area contributed by atoms with E-state index in [0.29, 0.717) is 12.2 Å². The molecule has 5 nitrogen and oxygen atoms in total. The molecule has 20 heavy (non-hydrogen) atoms. The second kappa shape index (κ2) is 6.13. The third-order valence-electron chi connectivity index (χ3n) is 3.34. The third-order valence-corrected chi connectivity index (χ3v) is 5.74. The Balaban J connectivity index is 1.91. The summed E-state index contributed by atoms with van der Waals surface area (Å²) in [4.78, 5) is 13.5. The van der Waals surface area contributed by atoms with Gasteiger partial charge >= 0.3 is 0 Å². The molecule has 0 unspecified atom stereocenters. The molecular formula is C13H16BrNO4S. The molecule has 0 saturated carbocycles. The largest absolute Gasteiger partial charge is 0.483 e. The van der Waals surface area contributed by atoms with Crippen molar-refractivity contribution >= 4 is 31.7 Å². The number of hydrogen-bond acceptors (Lipinski definition) is 4. The van der Waals surface area contributed by atoms with E-state index < -0.39 is 9.84 Å². The van der Waals surface area contributed by atoms with Crippen LogP contribution in [0.4, 0.5) is 0 Å². The molecule has 0 bridgehead atoms. The van der Waals surface area contributed by atoms with Crippen LogP contribution in [0, 0.1) is 0 Å². The number of amides is 1. The van der Waals surface area contributed by atoms with E-state index in [2.05, 4.69) is 15.9 Å². The highest BCUT2D eigenvalue weighted by atomic mass is 79.9. The molecule has 1 saturated heterocycles. The molecule has 0 N–H and O–H groups in total. The average Bonchev–Trinajstić information content (AvgIpc) is 2.77. The van der Waals surface area contributed by atoms with E-state index >= 15 is 0 Å². The lowest BCUT2D eigenvalue weighted by Gasteiger charge is -2.23. The Morgan fingerprint density at radius 2 is 2.15 bits per heavy atom. The fourth-order valence-corrected chi connectivity index (χ4v) is 4.26. The van der Waals surface area contributed by atoms with Crippen LogP contribution in [0.1, 0.15) is 6.42 Å². The standard InChI is InChI=1S/C13H16BrNO4S/c1-15(10-6-7-20(17,18)9-10)13(16)8-19-12-5-3-2-4-11(12)14/h2-5,10H,6-9H2,1H3/t10-/m1/s1. The Bertz CT molecular complexity index is 602. The van der Waals surface area contributed by atoms with Gasteiger partial charge in [-0.3, -0.25) is 4.79 Å². The number of benzene rings is 1. The predicted molar refractivity (Wildman–Crippen MR) is 79.5 cm³/mol. The van der Waals surface area contributed by atoms with Crippen LogP contribution in [-0.4, -0.2) is 50.4 Å². The van der Waals surface area contributed by atoms with Gasteiger partial charge in [0.05, 0.1) is 16.0 Å². The van der Waals surface area contributed by atoms with E-state index in [-0.39, 0.29) is 30.1 Å². The summed E-state index contributed by atoms with van der Waals surface area (Å²) in [6.45, 7) is -0.102. The summed E-state index contributed by atoms with van der Waals surface area (Å²) < 4.78 is 29.1. The second-order valence-electron chi connectivity index (χ2n) is 4.78. The van der Waals surface area contributed by atoms with Crippen LogP contribution in [0.2, 0.25) is 0 Å². The molecule has 0 radical (unpaired) electrons. The van der Waals surface area contributed by atoms with Crippen LogP contribution in [0.15, 0.2) is 28.7 Å². The van der Waals surface area contributed by atoms with Crippen molar-refractivity contribution in [1.82, 2.24) is 4.90 Å². The third kappa shape index (κ3) is 3.73. The smallest absolute Gasteiger partial charge is 0.260 e. The van der Waals surface area contributed by atoms with E-state index in [1.165, 1.54) is 4.90 Å². The maximum absolute atomic E-state index is 12.0. The van der Waals surface area contributed by atoms with Crippen LogP contribution in [0.3, 0.4) is 0 Å². The Morgan fingerprint density at radius 1 is 1.45 bits per heavy atom. The first kappa shape index (κ1) is 15.3. The van der Waals surface area contributed by atoms with Gasteiger partial charge in [-0.1, -0.05) is 12.1 Å². The Kier molecular flexibility index (Phi) is 4.70. The molecule has 0 spiro atoms. The van der Waals surface area contributed by atoms with Gasteiger partial charge in [0.2, 0.25) is 0 Å². The number of nitrogens with zero attached hydrogens (tertiary/aromatic N) is 1. The van der Waals surface area contributed by atoms with Crippen molar-refractivity contribution in [2.24, 2.45) is 0 Å². The first-order valence-electron chi connectivity index (χ1n) is 6.22. The molecule has 1 heterocycles. The topological polar surface area (TPSA) is 63.7 Å². The Labute approximate surface area is 127 Å². The molecule has 1 amide bonds. The van der Waals surface area contributed by atoms with Gasteiger partial charge in [0.15, 0.2) is 16.4 Å². The number of hydrogen-bond donors (Lipinski definition) is 0. The molecule has 7 heteroatoms. The number of halogens is 1. The van der Waals surface area contributed by atoms with Gasteiger partial charge < -0.3 is 9.64 Å². The lowest BCUT2D eigenvalue weighted by molar-refractivity contribution is -0.133. The monoisotopic (exact) mass is 361 g/mol. The Hall–Kier alpha value is -1.08. The molecular weight excluding hydrogens is 346 g/mol. The van der Waals surface area contributed by atoms with E-state index in [4.69, 9.17) is 4.74 Å². The van der Waals surface area contributed by atoms with E-state index in [1.54, 1.807) is 13.1 Å². The summed E-state index contributed by atoms with van der Waals surface area (Å²) in [7, 11) is -1.37. The molecule has 1 fully saturated rings. The first-order chi connectivity index (χ1) is 9.39. The average molecular weight is 362 g/mol. The number of carbonyl (C=O) groups is 1. The predicted octanol–water partition coefficient (Wildman–Crippen LogP) is 1.47. The van der Waals surface area contributed by atoms with Gasteiger partial charge in [-0.25, -0.2) is 8.42 Å². The normalized spacial score (nSPS) is 20.6. The van der Waals surface area contributed by atoms with Crippen molar-refractivity contribution in [3.8, 4) is 5.75 Å². The minimum Gasteiger partial charge on any atom is -0.483 e. The van der Waals surface area contributed by atoms with E-state index in [9.17, 15) is 13.2 Å². The maximum Gasteiger partial charge on any atom is 0.260 e. The zero-order valence-electron chi connectivity index (χ0n) is 11.1. The molecule has 1 aliphatic rings. The van der Waals surface area contributed by atoms with Crippen molar-refractivity contribution in [2.75, 3.05) is 25.2 Å². The van der Waals surface area contributed by atoms with E-state index in [1.807, 2.05) is 18.2 Å². The maximum atomic E-state index is 12.0. The summed E-state index contributed by atoms with van der Waals surface area (Å²) >= 11 is 3.34. The number of ether oxygens (including phenoxy) is 1. The minimum absolute atomic E-state index is 0.0459. The van der Waals surface area contributed by atoms with Crippen molar-refractivity contribution in [2.45, 2.75) is 12.5 Å². The van der Waals surface area contributed by atoms with Crippen LogP contribution >= 0.6 is 15.9 Å². The highest BCUT2D eigenvalue weighted by Crippen LogP contribution is 2.24. The zero-order valence-corrected chi connectivity index (χ0v) is 13.5. The highest BCUT2D eigenvalue weighted by molar-refractivity contribution is 9.10. The fourth-order valence-electron chi connectivity index (χ4n) is 2.09. The lowest BCUT2D eigenvalue weighted by atomic mass is 10.2. The Morgan fingerprint density at radius 3 is 2.75 bits per heavy atom. The molecule has 0 aromatic heterocycles. The molecule has 1 atom stereocenters. The molecule has 1 aromatic carbocycles. The summed E-state index contributed by atoms with van der Waals surface area (Å²) in [6.07, 6.45) is 0.500. The SMILES string of the molecule is CN(C(=O)COc1ccccc1Br)[C@@H]1CCS(=O)(=O)C1. The number of likely N-dealkylation sites (N-methyl/N-ethyl adjacent to an activating group) is 1. The minimum atomic E-state index is -2.99. The van der Waals surface area contributed by atoms with Crippen molar-refractivity contribution in [3.05, 3.63) is 28.7 Å². The highest BCUT2D eigenvalue weighted by Gasteiger charge is 2.32. The van der Waals surface area contributed by atoms with Gasteiger partial charge in [-0.2, -0.15) is 0 Å². The van der Waals surface area contributed by atoms with Crippen LogP contribution < -0.4 is 4.74 Å². The van der Waals surface area contributed by atoms with Crippen molar-refractivity contribution < 1.29 is 17.9 Å². The lowest BCUT2D eigenvalue weighted by Crippen LogP contribution is -2.40. The second-order valence-corrected chi connectivity index (χ2v) is 7.86. The fraction of sp³-hybridized carbons (Fsp3) is 0.462. The summed E-state index contributed by atoms with van der Waals surface area (Å²) in [5.41, 5.74) is 0. The van der Waals surface area contributed by atoms with Crippen molar-refractivity contribution in [1.29, 1.82) is 0 Å². The molecule has 1 aromatic rings. The van der Waals surface area contributed by atoms with Crippen LogP contribution in [0.25, 0.3) is 0 Å². The summed E-state index contributed by atoms with van der Waals surface area (Å²) in [5, 5.41) is 0. The number of para-hydroxylation sites is 1. The molecule has 1 aliphatic heterocycles. The van der Waals surface area contributed by atoms with Gasteiger partial charge in [0, 0.05) is 13.1 Å². The van der Waals surface area contributed by atoms with Crippen LogP contribution in [-0.2, 0) is 14.6 Å². The molecule has 2 rings (SSSR count). The molecule has 0 aliphatic carbocycles. The quantitative estimate of drug-likeness (QED) is 0.814. The van der Waals surface area contributed by atoms with Gasteiger partial charge in [-0.05, 0) is 34.5 Å². The van der Waals surface area contributed by atoms with Gasteiger partial charge in [-0.15, -0.1) is 0 Å². The first-order valence-corrected chi connectivity index (χ1v) is 8.84. The number of sulfone groups is 1. The summed E-state index contributed by atoms with van der Waals surface area (Å²) in [6, 6.07) is 7.02.